The van der Waals surface area contributed by atoms with Gasteiger partial charge in [0.1, 0.15) is 23.2 Å². The van der Waals surface area contributed by atoms with Gasteiger partial charge < -0.3 is 21.6 Å². The lowest BCUT2D eigenvalue weighted by Crippen LogP contribution is -2.71. The lowest BCUT2D eigenvalue weighted by Gasteiger charge is -2.49. The van der Waals surface area contributed by atoms with Gasteiger partial charge in [0.25, 0.3) is 5.91 Å². The fraction of sp³-hybridized carbons (Fsp3) is 0.312. The Morgan fingerprint density at radius 1 is 1.35 bits per heavy atom. The normalized spacial score (nSPS) is 22.2. The van der Waals surface area contributed by atoms with E-state index in [2.05, 4.69) is 5.32 Å². The van der Waals surface area contributed by atoms with Crippen LogP contribution in [-0.4, -0.2) is 50.4 Å². The van der Waals surface area contributed by atoms with Crippen LogP contribution in [0.4, 0.5) is 0 Å². The van der Waals surface area contributed by atoms with Crippen LogP contribution in [-0.2, 0) is 14.4 Å². The van der Waals surface area contributed by atoms with Crippen LogP contribution in [0.5, 0.6) is 0 Å². The van der Waals surface area contributed by atoms with Crippen LogP contribution < -0.4 is 11.1 Å². The second kappa shape index (κ2) is 8.54. The summed E-state index contributed by atoms with van der Waals surface area (Å²) in [4.78, 5) is 37.2. The molecule has 1 aromatic rings. The summed E-state index contributed by atoms with van der Waals surface area (Å²) < 4.78 is 0. The maximum atomic E-state index is 12.3. The highest BCUT2D eigenvalue weighted by molar-refractivity contribution is 8.00. The molecule has 0 saturated carbocycles. The lowest BCUT2D eigenvalue weighted by molar-refractivity contribution is -0.150. The number of benzene rings is 1. The first-order chi connectivity index (χ1) is 11.4. The number of carbonyl (C=O) groups excluding carboxylic acids is 2. The Morgan fingerprint density at radius 2 is 1.96 bits per heavy atom. The molecule has 0 bridgehead atoms. The molecule has 26 heavy (non-hydrogen) atoms. The number of nitrogens with two attached hydrogens (primary N) is 1. The van der Waals surface area contributed by atoms with Crippen molar-refractivity contribution < 1.29 is 25.0 Å². The van der Waals surface area contributed by atoms with Gasteiger partial charge >= 0.3 is 5.97 Å². The van der Waals surface area contributed by atoms with Crippen LogP contribution in [0.3, 0.4) is 0 Å². The van der Waals surface area contributed by atoms with Gasteiger partial charge in [-0.25, -0.2) is 4.79 Å². The van der Waals surface area contributed by atoms with Gasteiger partial charge in [-0.15, -0.1) is 24.2 Å². The summed E-state index contributed by atoms with van der Waals surface area (Å²) >= 11 is 1.43. The van der Waals surface area contributed by atoms with E-state index < -0.39 is 35.2 Å². The van der Waals surface area contributed by atoms with Crippen molar-refractivity contribution in [3.05, 3.63) is 47.2 Å². The number of carbonyl (C=O) groups is 3. The highest BCUT2D eigenvalue weighted by atomic mass is 35.5. The lowest BCUT2D eigenvalue weighted by atomic mass is 10.0. The quantitative estimate of drug-likeness (QED) is 0.607. The van der Waals surface area contributed by atoms with Crippen LogP contribution >= 0.6 is 24.2 Å². The van der Waals surface area contributed by atoms with Crippen molar-refractivity contribution in [2.24, 2.45) is 5.73 Å². The van der Waals surface area contributed by atoms with E-state index in [1.54, 1.807) is 31.2 Å². The minimum atomic E-state index is -1.13. The Hall–Kier alpha value is -2.07. The third kappa shape index (κ3) is 3.70. The van der Waals surface area contributed by atoms with Crippen molar-refractivity contribution in [1.29, 1.82) is 0 Å². The number of carboxylic acids is 1. The van der Waals surface area contributed by atoms with Gasteiger partial charge in [-0.05, 0) is 18.1 Å². The molecule has 142 valence electrons. The largest absolute Gasteiger partial charge is 0.477 e. The maximum absolute atomic E-state index is 12.3. The van der Waals surface area contributed by atoms with Crippen molar-refractivity contribution in [2.45, 2.75) is 24.4 Å². The van der Waals surface area contributed by atoms with E-state index in [9.17, 15) is 19.5 Å². The summed E-state index contributed by atoms with van der Waals surface area (Å²) in [6, 6.07) is 7.23. The number of hydrogen-bond acceptors (Lipinski definition) is 5. The number of β-lactam (4-membered cyclic amide) rings is 1. The van der Waals surface area contributed by atoms with E-state index in [-0.39, 0.29) is 23.6 Å². The summed E-state index contributed by atoms with van der Waals surface area (Å²) in [5.41, 5.74) is 7.24. The van der Waals surface area contributed by atoms with Crippen LogP contribution in [0.25, 0.3) is 0 Å². The van der Waals surface area contributed by atoms with Crippen molar-refractivity contribution in [1.82, 2.24) is 10.2 Å². The summed E-state index contributed by atoms with van der Waals surface area (Å²) in [7, 11) is 0. The average Bonchev–Trinajstić information content (AvgIpc) is 2.59. The average molecular weight is 402 g/mol. The summed E-state index contributed by atoms with van der Waals surface area (Å²) in [5, 5.41) is 11.5. The SMILES string of the molecule is CC1=C(C(=O)O)N2C(=O)C(NC(=O)[C@H](N)c3ccccc3)[C@H]2SC1.Cl.O. The second-order valence-electron chi connectivity index (χ2n) is 5.72. The molecule has 1 fully saturated rings. The molecule has 1 saturated heterocycles. The number of rotatable bonds is 4. The Kier molecular flexibility index (Phi) is 7.22. The summed E-state index contributed by atoms with van der Waals surface area (Å²) in [5.74, 6) is -1.50. The van der Waals surface area contributed by atoms with Gasteiger partial charge in [-0.2, -0.15) is 0 Å². The Bertz CT molecular complexity index is 743. The number of carboxylic acid groups (broad SMARTS) is 1. The molecule has 2 aliphatic rings. The van der Waals surface area contributed by atoms with Crippen LogP contribution in [0.1, 0.15) is 18.5 Å². The van der Waals surface area contributed by atoms with E-state index in [1.165, 1.54) is 16.7 Å². The number of fused-ring (bicyclic) bond motifs is 1. The van der Waals surface area contributed by atoms with E-state index >= 15 is 0 Å². The topological polar surface area (TPSA) is 144 Å². The molecule has 2 aliphatic heterocycles. The van der Waals surface area contributed by atoms with Gasteiger partial charge in [0.05, 0.1) is 0 Å². The zero-order valence-electron chi connectivity index (χ0n) is 13.8. The minimum Gasteiger partial charge on any atom is -0.477 e. The number of amides is 2. The maximum Gasteiger partial charge on any atom is 0.352 e. The van der Waals surface area contributed by atoms with Crippen molar-refractivity contribution in [3.8, 4) is 0 Å². The molecule has 3 rings (SSSR count). The Balaban J connectivity index is 0.00000169. The standard InChI is InChI=1S/C16H17N3O4S.ClH.H2O/c1-8-7-24-15-11(14(21)19(15)12(8)16(22)23)18-13(20)10(17)9-5-3-2-4-6-9;;/h2-6,10-11,15H,7,17H2,1H3,(H,18,20)(H,22,23);1H;1H2/t10-,11?,15-;;/m1../s1. The highest BCUT2D eigenvalue weighted by Gasteiger charge is 2.53. The fourth-order valence-corrected chi connectivity index (χ4v) is 4.12. The minimum absolute atomic E-state index is 0. The Labute approximate surface area is 160 Å². The van der Waals surface area contributed by atoms with Crippen molar-refractivity contribution in [3.63, 3.8) is 0 Å². The van der Waals surface area contributed by atoms with Gasteiger partial charge in [0.2, 0.25) is 5.91 Å². The first-order valence-electron chi connectivity index (χ1n) is 7.40. The molecule has 2 heterocycles. The fourth-order valence-electron chi connectivity index (χ4n) is 2.83. The molecule has 2 amide bonds. The molecular formula is C16H20ClN3O5S. The van der Waals surface area contributed by atoms with E-state index in [4.69, 9.17) is 5.73 Å². The van der Waals surface area contributed by atoms with Gasteiger partial charge in [-0.3, -0.25) is 14.5 Å². The Morgan fingerprint density at radius 3 is 2.54 bits per heavy atom. The van der Waals surface area contributed by atoms with E-state index in [0.29, 0.717) is 16.9 Å². The number of halogens is 1. The van der Waals surface area contributed by atoms with E-state index in [1.807, 2.05) is 6.07 Å². The first-order valence-corrected chi connectivity index (χ1v) is 8.45. The van der Waals surface area contributed by atoms with Gasteiger partial charge in [0, 0.05) is 5.75 Å². The molecule has 1 aromatic carbocycles. The van der Waals surface area contributed by atoms with Gasteiger partial charge in [-0.1, -0.05) is 30.3 Å². The van der Waals surface area contributed by atoms with Crippen LogP contribution in [0.15, 0.2) is 41.6 Å². The van der Waals surface area contributed by atoms with Crippen molar-refractivity contribution >= 4 is 42.0 Å². The molecule has 3 atom stereocenters. The monoisotopic (exact) mass is 401 g/mol. The smallest absolute Gasteiger partial charge is 0.352 e. The number of aliphatic carboxylic acids is 1. The molecule has 0 spiro atoms. The molecular weight excluding hydrogens is 382 g/mol. The third-order valence-corrected chi connectivity index (χ3v) is 5.52. The zero-order chi connectivity index (χ0) is 17.4. The molecule has 0 radical (unpaired) electrons. The predicted molar refractivity (Wildman–Crippen MR) is 99.6 cm³/mol. The van der Waals surface area contributed by atoms with Crippen LogP contribution in [0, 0.1) is 0 Å². The van der Waals surface area contributed by atoms with Gasteiger partial charge in [0.15, 0.2) is 0 Å². The second-order valence-corrected chi connectivity index (χ2v) is 6.82. The number of hydrogen-bond donors (Lipinski definition) is 3. The first kappa shape index (κ1) is 22.0. The number of thioether (sulfide) groups is 1. The summed E-state index contributed by atoms with van der Waals surface area (Å²) in [6.07, 6.45) is 0. The van der Waals surface area contributed by atoms with Crippen molar-refractivity contribution in [2.75, 3.05) is 5.75 Å². The van der Waals surface area contributed by atoms with E-state index in [0.717, 1.165) is 0 Å². The highest BCUT2D eigenvalue weighted by Crippen LogP contribution is 2.40. The summed E-state index contributed by atoms with van der Waals surface area (Å²) in [6.45, 7) is 1.69. The molecule has 1 unspecified atom stereocenters. The molecule has 0 aromatic heterocycles. The number of nitrogens with zero attached hydrogens (tertiary/aromatic N) is 1. The zero-order valence-corrected chi connectivity index (χ0v) is 15.5. The predicted octanol–water partition coefficient (Wildman–Crippen LogP) is 0.0420. The molecule has 0 aliphatic carbocycles. The molecule has 6 N–H and O–H groups in total. The molecule has 10 heteroatoms. The van der Waals surface area contributed by atoms with Crippen LogP contribution in [0.2, 0.25) is 0 Å². The molecule has 8 nitrogen and oxygen atoms in total. The number of nitrogens with one attached hydrogen (secondary N) is 1. The third-order valence-electron chi connectivity index (χ3n) is 4.10.